The summed E-state index contributed by atoms with van der Waals surface area (Å²) >= 11 is 6.81. The molecule has 0 fully saturated rings. The Morgan fingerprint density at radius 2 is 1.79 bits per heavy atom. The summed E-state index contributed by atoms with van der Waals surface area (Å²) in [5, 5.41) is 2.92. The zero-order valence-corrected chi connectivity index (χ0v) is 13.6. The molecule has 0 aliphatic rings. The van der Waals surface area contributed by atoms with Crippen LogP contribution in [0.3, 0.4) is 0 Å². The first-order valence-electron chi connectivity index (χ1n) is 5.85. The van der Waals surface area contributed by atoms with Gasteiger partial charge in [0.05, 0.1) is 12.1 Å². The third-order valence-corrected chi connectivity index (χ3v) is 3.89. The van der Waals surface area contributed by atoms with Gasteiger partial charge in [0.2, 0.25) is 5.91 Å². The number of nitrogens with one attached hydrogen (secondary N) is 1. The predicted octanol–water partition coefficient (Wildman–Crippen LogP) is 4.70. The summed E-state index contributed by atoms with van der Waals surface area (Å²) < 4.78 is 1.90. The highest BCUT2D eigenvalue weighted by molar-refractivity contribution is 9.10. The number of carbonyl (C=O) groups excluding carboxylic acids is 1. The minimum Gasteiger partial charge on any atom is -0.325 e. The summed E-state index contributed by atoms with van der Waals surface area (Å²) in [5.74, 6) is -0.0198. The van der Waals surface area contributed by atoms with E-state index in [-0.39, 0.29) is 5.91 Å². The predicted molar refractivity (Wildman–Crippen MR) is 85.4 cm³/mol. The van der Waals surface area contributed by atoms with E-state index >= 15 is 0 Å². The zero-order chi connectivity index (χ0) is 13.8. The molecule has 0 atom stereocenters. The lowest BCUT2D eigenvalue weighted by Crippen LogP contribution is -2.14. The maximum Gasteiger partial charge on any atom is 0.228 e. The summed E-state index contributed by atoms with van der Waals surface area (Å²) in [7, 11) is 0. The van der Waals surface area contributed by atoms with Gasteiger partial charge in [-0.25, -0.2) is 0 Å². The first-order chi connectivity index (χ1) is 9.04. The lowest BCUT2D eigenvalue weighted by molar-refractivity contribution is -0.115. The van der Waals surface area contributed by atoms with Gasteiger partial charge in [0, 0.05) is 8.95 Å². The van der Waals surface area contributed by atoms with E-state index in [0.29, 0.717) is 6.42 Å². The maximum absolute atomic E-state index is 12.0. The Bertz CT molecular complexity index is 594. The minimum absolute atomic E-state index is 0.0198. The molecule has 4 heteroatoms. The average molecular weight is 383 g/mol. The minimum atomic E-state index is -0.0198. The molecule has 0 heterocycles. The van der Waals surface area contributed by atoms with Crippen molar-refractivity contribution in [1.29, 1.82) is 0 Å². The highest BCUT2D eigenvalue weighted by atomic mass is 79.9. The van der Waals surface area contributed by atoms with Crippen molar-refractivity contribution in [2.45, 2.75) is 13.3 Å². The summed E-state index contributed by atoms with van der Waals surface area (Å²) in [6.07, 6.45) is 0.369. The van der Waals surface area contributed by atoms with Crippen molar-refractivity contribution in [3.05, 3.63) is 62.5 Å². The molecular formula is C15H13Br2NO. The van der Waals surface area contributed by atoms with Crippen molar-refractivity contribution < 1.29 is 4.79 Å². The Balaban J connectivity index is 2.05. The average Bonchev–Trinajstić information content (AvgIpc) is 2.37. The normalized spacial score (nSPS) is 10.3. The molecule has 0 saturated carbocycles. The van der Waals surface area contributed by atoms with Crippen molar-refractivity contribution in [3.8, 4) is 0 Å². The molecule has 0 aromatic heterocycles. The summed E-state index contributed by atoms with van der Waals surface area (Å²) in [4.78, 5) is 12.0. The molecule has 2 aromatic carbocycles. The maximum atomic E-state index is 12.0. The number of anilines is 1. The van der Waals surface area contributed by atoms with Crippen LogP contribution in [0.5, 0.6) is 0 Å². The van der Waals surface area contributed by atoms with Crippen molar-refractivity contribution in [2.24, 2.45) is 0 Å². The molecule has 0 unspecified atom stereocenters. The number of aryl methyl sites for hydroxylation is 1. The van der Waals surface area contributed by atoms with Gasteiger partial charge < -0.3 is 5.32 Å². The molecule has 2 nitrogen and oxygen atoms in total. The molecule has 0 bridgehead atoms. The molecular weight excluding hydrogens is 370 g/mol. The summed E-state index contributed by atoms with van der Waals surface area (Å²) in [5.41, 5.74) is 2.91. The van der Waals surface area contributed by atoms with Crippen LogP contribution in [0, 0.1) is 6.92 Å². The van der Waals surface area contributed by atoms with E-state index in [1.165, 1.54) is 0 Å². The van der Waals surface area contributed by atoms with Gasteiger partial charge in [-0.1, -0.05) is 34.1 Å². The number of amides is 1. The fraction of sp³-hybridized carbons (Fsp3) is 0.133. The molecule has 0 aliphatic carbocycles. The number of rotatable bonds is 3. The van der Waals surface area contributed by atoms with Crippen LogP contribution < -0.4 is 5.32 Å². The SMILES string of the molecule is Cc1ccc(Br)c(NC(=O)Cc2ccc(Br)cc2)c1. The molecule has 0 radical (unpaired) electrons. The van der Waals surface area contributed by atoms with E-state index in [2.05, 4.69) is 37.2 Å². The number of halogens is 2. The number of hydrogen-bond donors (Lipinski definition) is 1. The Labute approximate surface area is 129 Å². The molecule has 1 amide bonds. The molecule has 0 spiro atoms. The Morgan fingerprint density at radius 1 is 1.11 bits per heavy atom. The van der Waals surface area contributed by atoms with Crippen LogP contribution in [0.4, 0.5) is 5.69 Å². The second kappa shape index (κ2) is 6.35. The topological polar surface area (TPSA) is 29.1 Å². The molecule has 98 valence electrons. The smallest absolute Gasteiger partial charge is 0.228 e. The Hall–Kier alpha value is -1.13. The molecule has 1 N–H and O–H groups in total. The summed E-state index contributed by atoms with van der Waals surface area (Å²) in [6.45, 7) is 2.00. The number of hydrogen-bond acceptors (Lipinski definition) is 1. The highest BCUT2D eigenvalue weighted by Gasteiger charge is 2.07. The van der Waals surface area contributed by atoms with Gasteiger partial charge in [0.15, 0.2) is 0 Å². The van der Waals surface area contributed by atoms with Gasteiger partial charge in [0.1, 0.15) is 0 Å². The Morgan fingerprint density at radius 3 is 2.47 bits per heavy atom. The van der Waals surface area contributed by atoms with Gasteiger partial charge in [-0.2, -0.15) is 0 Å². The molecule has 0 aliphatic heterocycles. The lowest BCUT2D eigenvalue weighted by Gasteiger charge is -2.08. The van der Waals surface area contributed by atoms with Crippen LogP contribution in [0.25, 0.3) is 0 Å². The first-order valence-corrected chi connectivity index (χ1v) is 7.43. The quantitative estimate of drug-likeness (QED) is 0.818. The Kier molecular flexibility index (Phi) is 4.77. The van der Waals surface area contributed by atoms with Gasteiger partial charge in [-0.3, -0.25) is 4.79 Å². The standard InChI is InChI=1S/C15H13Br2NO/c1-10-2-7-13(17)14(8-10)18-15(19)9-11-3-5-12(16)6-4-11/h2-8H,9H2,1H3,(H,18,19). The highest BCUT2D eigenvalue weighted by Crippen LogP contribution is 2.23. The van der Waals surface area contributed by atoms with Gasteiger partial charge in [-0.15, -0.1) is 0 Å². The van der Waals surface area contributed by atoms with Crippen molar-refractivity contribution in [1.82, 2.24) is 0 Å². The summed E-state index contributed by atoms with van der Waals surface area (Å²) in [6, 6.07) is 13.6. The van der Waals surface area contributed by atoms with E-state index in [9.17, 15) is 4.79 Å². The van der Waals surface area contributed by atoms with Crippen molar-refractivity contribution in [3.63, 3.8) is 0 Å². The van der Waals surface area contributed by atoms with Crippen molar-refractivity contribution in [2.75, 3.05) is 5.32 Å². The van der Waals surface area contributed by atoms with Crippen LogP contribution in [-0.2, 0) is 11.2 Å². The van der Waals surface area contributed by atoms with Crippen LogP contribution >= 0.6 is 31.9 Å². The van der Waals surface area contributed by atoms with E-state index in [4.69, 9.17) is 0 Å². The van der Waals surface area contributed by atoms with E-state index < -0.39 is 0 Å². The molecule has 19 heavy (non-hydrogen) atoms. The van der Waals surface area contributed by atoms with Gasteiger partial charge in [0.25, 0.3) is 0 Å². The fourth-order valence-electron chi connectivity index (χ4n) is 1.72. The zero-order valence-electron chi connectivity index (χ0n) is 10.4. The third-order valence-electron chi connectivity index (χ3n) is 2.67. The van der Waals surface area contributed by atoms with E-state index in [1.807, 2.05) is 49.4 Å². The van der Waals surface area contributed by atoms with Gasteiger partial charge >= 0.3 is 0 Å². The number of carbonyl (C=O) groups is 1. The fourth-order valence-corrected chi connectivity index (χ4v) is 2.33. The van der Waals surface area contributed by atoms with Crippen LogP contribution in [0.2, 0.25) is 0 Å². The van der Waals surface area contributed by atoms with Crippen molar-refractivity contribution >= 4 is 43.5 Å². The van der Waals surface area contributed by atoms with E-state index in [0.717, 1.165) is 25.8 Å². The number of benzene rings is 2. The van der Waals surface area contributed by atoms with Crippen LogP contribution in [0.15, 0.2) is 51.4 Å². The monoisotopic (exact) mass is 381 g/mol. The molecule has 0 saturated heterocycles. The molecule has 2 rings (SSSR count). The van der Waals surface area contributed by atoms with E-state index in [1.54, 1.807) is 0 Å². The third kappa shape index (κ3) is 4.18. The second-order valence-corrected chi connectivity index (χ2v) is 6.10. The first kappa shape index (κ1) is 14.3. The van der Waals surface area contributed by atoms with Crippen LogP contribution in [0.1, 0.15) is 11.1 Å². The lowest BCUT2D eigenvalue weighted by atomic mass is 10.1. The largest absolute Gasteiger partial charge is 0.325 e. The second-order valence-electron chi connectivity index (χ2n) is 4.33. The van der Waals surface area contributed by atoms with Gasteiger partial charge in [-0.05, 0) is 58.2 Å². The van der Waals surface area contributed by atoms with Crippen LogP contribution in [-0.4, -0.2) is 5.91 Å². The molecule has 2 aromatic rings.